The number of pyridine rings is 1. The molecule has 1 atom stereocenters. The van der Waals surface area contributed by atoms with Gasteiger partial charge < -0.3 is 11.1 Å². The lowest BCUT2D eigenvalue weighted by Crippen LogP contribution is -2.37. The Balaban J connectivity index is 0.00000162. The predicted octanol–water partition coefficient (Wildman–Crippen LogP) is 2.39. The van der Waals surface area contributed by atoms with E-state index in [1.54, 1.807) is 18.2 Å². The van der Waals surface area contributed by atoms with Crippen molar-refractivity contribution < 1.29 is 4.79 Å². The topological polar surface area (TPSA) is 68.0 Å². The van der Waals surface area contributed by atoms with Crippen molar-refractivity contribution in [3.05, 3.63) is 23.9 Å². The van der Waals surface area contributed by atoms with Gasteiger partial charge in [0.1, 0.15) is 11.5 Å². The van der Waals surface area contributed by atoms with Gasteiger partial charge in [0.25, 0.3) is 5.91 Å². The van der Waals surface area contributed by atoms with Crippen LogP contribution in [0, 0.1) is 5.92 Å². The maximum Gasteiger partial charge on any atom is 0.270 e. The van der Waals surface area contributed by atoms with Crippen LogP contribution in [0.15, 0.2) is 18.2 Å². The van der Waals surface area contributed by atoms with E-state index in [1.165, 1.54) is 25.7 Å². The van der Waals surface area contributed by atoms with Crippen molar-refractivity contribution >= 4 is 24.1 Å². The zero-order chi connectivity index (χ0) is 12.3. The number of nitrogens with two attached hydrogens (primary N) is 1. The lowest BCUT2D eigenvalue weighted by Gasteiger charge is -2.20. The van der Waals surface area contributed by atoms with E-state index >= 15 is 0 Å². The quantitative estimate of drug-likeness (QED) is 0.885. The minimum Gasteiger partial charge on any atom is -0.384 e. The Morgan fingerprint density at radius 1 is 1.44 bits per heavy atom. The average Bonchev–Trinajstić information content (AvgIpc) is 2.82. The summed E-state index contributed by atoms with van der Waals surface area (Å²) in [7, 11) is 0. The van der Waals surface area contributed by atoms with Crippen molar-refractivity contribution in [3.63, 3.8) is 0 Å². The minimum atomic E-state index is -0.128. The fourth-order valence-corrected chi connectivity index (χ4v) is 2.43. The summed E-state index contributed by atoms with van der Waals surface area (Å²) in [4.78, 5) is 16.0. The van der Waals surface area contributed by atoms with Gasteiger partial charge in [-0.05, 0) is 37.8 Å². The summed E-state index contributed by atoms with van der Waals surface area (Å²) in [5.41, 5.74) is 5.96. The van der Waals surface area contributed by atoms with Crippen LogP contribution in [0.25, 0.3) is 0 Å². The van der Waals surface area contributed by atoms with Gasteiger partial charge in [0, 0.05) is 6.04 Å². The van der Waals surface area contributed by atoms with Gasteiger partial charge in [-0.15, -0.1) is 12.4 Å². The fraction of sp³-hybridized carbons (Fsp3) is 0.538. The van der Waals surface area contributed by atoms with Gasteiger partial charge in [-0.1, -0.05) is 18.9 Å². The van der Waals surface area contributed by atoms with Gasteiger partial charge in [0.05, 0.1) is 0 Å². The van der Waals surface area contributed by atoms with Crippen molar-refractivity contribution in [2.45, 2.75) is 38.6 Å². The van der Waals surface area contributed by atoms with E-state index in [9.17, 15) is 4.79 Å². The second-order valence-corrected chi connectivity index (χ2v) is 4.75. The highest BCUT2D eigenvalue weighted by atomic mass is 35.5. The number of rotatable bonds is 3. The monoisotopic (exact) mass is 269 g/mol. The van der Waals surface area contributed by atoms with E-state index in [2.05, 4.69) is 17.2 Å². The summed E-state index contributed by atoms with van der Waals surface area (Å²) in [6.45, 7) is 2.07. The first-order chi connectivity index (χ1) is 8.16. The largest absolute Gasteiger partial charge is 0.384 e. The molecule has 0 saturated heterocycles. The molecule has 2 rings (SSSR count). The number of anilines is 1. The number of nitrogens with one attached hydrogen (secondary N) is 1. The molecule has 0 spiro atoms. The normalized spacial score (nSPS) is 16.9. The Kier molecular flexibility index (Phi) is 5.41. The first-order valence-electron chi connectivity index (χ1n) is 6.20. The molecular formula is C13H20ClN3O. The summed E-state index contributed by atoms with van der Waals surface area (Å²) in [5, 5.41) is 3.01. The Labute approximate surface area is 114 Å². The van der Waals surface area contributed by atoms with Gasteiger partial charge in [-0.2, -0.15) is 0 Å². The smallest absolute Gasteiger partial charge is 0.270 e. The van der Waals surface area contributed by atoms with E-state index in [-0.39, 0.29) is 24.4 Å². The molecular weight excluding hydrogens is 250 g/mol. The van der Waals surface area contributed by atoms with Crippen LogP contribution < -0.4 is 11.1 Å². The molecule has 1 unspecified atom stereocenters. The molecule has 0 radical (unpaired) electrons. The molecule has 1 aliphatic carbocycles. The van der Waals surface area contributed by atoms with E-state index < -0.39 is 0 Å². The Hall–Kier alpha value is -1.29. The maximum absolute atomic E-state index is 11.9. The third kappa shape index (κ3) is 3.60. The van der Waals surface area contributed by atoms with E-state index in [0.717, 1.165) is 0 Å². The molecule has 4 nitrogen and oxygen atoms in total. The van der Waals surface area contributed by atoms with Crippen molar-refractivity contribution in [3.8, 4) is 0 Å². The first-order valence-corrected chi connectivity index (χ1v) is 6.20. The zero-order valence-corrected chi connectivity index (χ0v) is 11.4. The second-order valence-electron chi connectivity index (χ2n) is 4.75. The Bertz CT molecular complexity index is 405. The zero-order valence-electron chi connectivity index (χ0n) is 10.6. The summed E-state index contributed by atoms with van der Waals surface area (Å²) in [5.74, 6) is 0.864. The Morgan fingerprint density at radius 3 is 2.72 bits per heavy atom. The fourth-order valence-electron chi connectivity index (χ4n) is 2.43. The van der Waals surface area contributed by atoms with Crippen molar-refractivity contribution in [2.75, 3.05) is 5.73 Å². The molecule has 100 valence electrons. The van der Waals surface area contributed by atoms with Crippen molar-refractivity contribution in [2.24, 2.45) is 5.92 Å². The van der Waals surface area contributed by atoms with E-state index in [4.69, 9.17) is 5.73 Å². The molecule has 0 aromatic carbocycles. The maximum atomic E-state index is 11.9. The van der Waals surface area contributed by atoms with Crippen LogP contribution in [-0.4, -0.2) is 16.9 Å². The number of amides is 1. The van der Waals surface area contributed by atoms with Crippen molar-refractivity contribution in [1.29, 1.82) is 0 Å². The van der Waals surface area contributed by atoms with Crippen LogP contribution in [0.1, 0.15) is 43.1 Å². The van der Waals surface area contributed by atoms with Crippen molar-refractivity contribution in [1.82, 2.24) is 10.3 Å². The predicted molar refractivity (Wildman–Crippen MR) is 74.8 cm³/mol. The van der Waals surface area contributed by atoms with Crippen LogP contribution in [-0.2, 0) is 0 Å². The number of hydrogen-bond donors (Lipinski definition) is 2. The van der Waals surface area contributed by atoms with Gasteiger partial charge in [0.15, 0.2) is 0 Å². The molecule has 1 saturated carbocycles. The van der Waals surface area contributed by atoms with E-state index in [1.807, 2.05) is 0 Å². The third-order valence-corrected chi connectivity index (χ3v) is 3.47. The molecule has 1 fully saturated rings. The number of nitrogen functional groups attached to an aromatic ring is 1. The highest BCUT2D eigenvalue weighted by Gasteiger charge is 2.23. The van der Waals surface area contributed by atoms with Crippen LogP contribution in [0.2, 0.25) is 0 Å². The van der Waals surface area contributed by atoms with Gasteiger partial charge in [-0.3, -0.25) is 4.79 Å². The number of nitrogens with zero attached hydrogens (tertiary/aromatic N) is 1. The lowest BCUT2D eigenvalue weighted by molar-refractivity contribution is 0.0922. The first kappa shape index (κ1) is 14.8. The molecule has 1 aliphatic rings. The minimum absolute atomic E-state index is 0. The molecule has 1 heterocycles. The number of carbonyl (C=O) groups is 1. The Morgan fingerprint density at radius 2 is 2.11 bits per heavy atom. The molecule has 1 aromatic heterocycles. The summed E-state index contributed by atoms with van der Waals surface area (Å²) < 4.78 is 0. The second kappa shape index (κ2) is 6.59. The number of hydrogen-bond acceptors (Lipinski definition) is 3. The summed E-state index contributed by atoms with van der Waals surface area (Å²) in [6.07, 6.45) is 4.99. The van der Waals surface area contributed by atoms with Gasteiger partial charge in [-0.25, -0.2) is 4.98 Å². The van der Waals surface area contributed by atoms with E-state index in [0.29, 0.717) is 17.4 Å². The number of aromatic nitrogens is 1. The molecule has 5 heteroatoms. The van der Waals surface area contributed by atoms with Crippen LogP contribution in [0.5, 0.6) is 0 Å². The molecule has 3 N–H and O–H groups in total. The van der Waals surface area contributed by atoms with Gasteiger partial charge >= 0.3 is 0 Å². The highest BCUT2D eigenvalue weighted by molar-refractivity contribution is 5.92. The molecule has 1 aromatic rings. The molecule has 0 bridgehead atoms. The lowest BCUT2D eigenvalue weighted by atomic mass is 10.00. The average molecular weight is 270 g/mol. The summed E-state index contributed by atoms with van der Waals surface area (Å²) in [6, 6.07) is 5.33. The third-order valence-electron chi connectivity index (χ3n) is 3.47. The summed E-state index contributed by atoms with van der Waals surface area (Å²) >= 11 is 0. The molecule has 1 amide bonds. The number of carbonyl (C=O) groups excluding carboxylic acids is 1. The van der Waals surface area contributed by atoms with Crippen LogP contribution in [0.3, 0.4) is 0 Å². The SMILES string of the molecule is CC(NC(=O)c1cccc(N)n1)C1CCCC1.Cl. The number of halogens is 1. The highest BCUT2D eigenvalue weighted by Crippen LogP contribution is 2.27. The van der Waals surface area contributed by atoms with Crippen LogP contribution in [0.4, 0.5) is 5.82 Å². The standard InChI is InChI=1S/C13H19N3O.ClH/c1-9(10-5-2-3-6-10)15-13(17)11-7-4-8-12(14)16-11;/h4,7-10H,2-3,5-6H2,1H3,(H2,14,16)(H,15,17);1H. The molecule has 0 aliphatic heterocycles. The van der Waals surface area contributed by atoms with Gasteiger partial charge in [0.2, 0.25) is 0 Å². The molecule has 18 heavy (non-hydrogen) atoms. The van der Waals surface area contributed by atoms with Crippen LogP contribution >= 0.6 is 12.4 Å².